The third kappa shape index (κ3) is 2.97. The lowest BCUT2D eigenvalue weighted by atomic mass is 9.98. The molecule has 0 bridgehead atoms. The van der Waals surface area contributed by atoms with E-state index in [1.165, 1.54) is 20.3 Å². The van der Waals surface area contributed by atoms with E-state index in [1.807, 2.05) is 6.92 Å². The van der Waals surface area contributed by atoms with Crippen LogP contribution >= 0.6 is 0 Å². The van der Waals surface area contributed by atoms with Gasteiger partial charge in [0.1, 0.15) is 0 Å². The van der Waals surface area contributed by atoms with Crippen molar-refractivity contribution in [3.05, 3.63) is 47.5 Å². The Labute approximate surface area is 122 Å². The number of rotatable bonds is 4. The Hall–Kier alpha value is -2.14. The average Bonchev–Trinajstić information content (AvgIpc) is 2.48. The number of nitrogens with two attached hydrogens (primary N) is 1. The van der Waals surface area contributed by atoms with Gasteiger partial charge in [0.15, 0.2) is 23.1 Å². The van der Waals surface area contributed by atoms with Crippen LogP contribution in [0.25, 0.3) is 11.1 Å². The summed E-state index contributed by atoms with van der Waals surface area (Å²) < 4.78 is 37.2. The van der Waals surface area contributed by atoms with Crippen molar-refractivity contribution in [2.45, 2.75) is 13.0 Å². The van der Waals surface area contributed by atoms with E-state index in [9.17, 15) is 8.78 Å². The molecule has 3 nitrogen and oxygen atoms in total. The first-order valence-electron chi connectivity index (χ1n) is 6.44. The highest BCUT2D eigenvalue weighted by atomic mass is 19.2. The van der Waals surface area contributed by atoms with Gasteiger partial charge in [0.2, 0.25) is 0 Å². The molecule has 5 heteroatoms. The van der Waals surface area contributed by atoms with E-state index >= 15 is 0 Å². The molecule has 0 aliphatic carbocycles. The van der Waals surface area contributed by atoms with Crippen LogP contribution in [-0.4, -0.2) is 14.2 Å². The zero-order valence-electron chi connectivity index (χ0n) is 12.1. The van der Waals surface area contributed by atoms with E-state index < -0.39 is 11.6 Å². The summed E-state index contributed by atoms with van der Waals surface area (Å²) in [6.07, 6.45) is 0. The molecule has 21 heavy (non-hydrogen) atoms. The van der Waals surface area contributed by atoms with Gasteiger partial charge in [-0.3, -0.25) is 0 Å². The Morgan fingerprint density at radius 2 is 1.71 bits per heavy atom. The molecule has 1 atom stereocenters. The van der Waals surface area contributed by atoms with E-state index in [0.717, 1.165) is 17.7 Å². The number of methoxy groups -OCH3 is 2. The molecule has 1 unspecified atom stereocenters. The maximum absolute atomic E-state index is 13.5. The van der Waals surface area contributed by atoms with Crippen LogP contribution in [0.1, 0.15) is 18.5 Å². The summed E-state index contributed by atoms with van der Waals surface area (Å²) >= 11 is 0. The minimum absolute atomic E-state index is 0.228. The Kier molecular flexibility index (Phi) is 4.43. The zero-order chi connectivity index (χ0) is 15.6. The van der Waals surface area contributed by atoms with Crippen molar-refractivity contribution in [2.75, 3.05) is 14.2 Å². The van der Waals surface area contributed by atoms with Crippen molar-refractivity contribution >= 4 is 0 Å². The summed E-state index contributed by atoms with van der Waals surface area (Å²) in [5.74, 6) is -0.868. The molecular formula is C16H17F2NO2. The Morgan fingerprint density at radius 3 is 2.24 bits per heavy atom. The second-order valence-corrected chi connectivity index (χ2v) is 4.72. The fraction of sp³-hybridized carbons (Fsp3) is 0.250. The van der Waals surface area contributed by atoms with Gasteiger partial charge in [0.05, 0.1) is 14.2 Å². The van der Waals surface area contributed by atoms with Gasteiger partial charge in [0.25, 0.3) is 0 Å². The topological polar surface area (TPSA) is 44.5 Å². The normalized spacial score (nSPS) is 12.1. The monoisotopic (exact) mass is 293 g/mol. The van der Waals surface area contributed by atoms with Crippen molar-refractivity contribution in [3.8, 4) is 22.6 Å². The van der Waals surface area contributed by atoms with Crippen LogP contribution in [0, 0.1) is 11.6 Å². The average molecular weight is 293 g/mol. The van der Waals surface area contributed by atoms with Crippen LogP contribution < -0.4 is 15.2 Å². The predicted molar refractivity (Wildman–Crippen MR) is 77.5 cm³/mol. The molecule has 2 N–H and O–H groups in total. The highest BCUT2D eigenvalue weighted by Gasteiger charge is 2.16. The molecule has 0 aromatic heterocycles. The van der Waals surface area contributed by atoms with Gasteiger partial charge in [-0.2, -0.15) is 0 Å². The van der Waals surface area contributed by atoms with Crippen LogP contribution in [-0.2, 0) is 0 Å². The van der Waals surface area contributed by atoms with Gasteiger partial charge < -0.3 is 15.2 Å². The minimum Gasteiger partial charge on any atom is -0.493 e. The first kappa shape index (κ1) is 15.3. The molecule has 0 amide bonds. The summed E-state index contributed by atoms with van der Waals surface area (Å²) in [5.41, 5.74) is 7.80. The van der Waals surface area contributed by atoms with Crippen molar-refractivity contribution < 1.29 is 18.3 Å². The molecule has 0 aliphatic rings. The van der Waals surface area contributed by atoms with Crippen molar-refractivity contribution in [3.63, 3.8) is 0 Å². The number of benzene rings is 2. The second-order valence-electron chi connectivity index (χ2n) is 4.72. The van der Waals surface area contributed by atoms with E-state index in [-0.39, 0.29) is 6.04 Å². The number of ether oxygens (including phenoxy) is 2. The molecule has 0 fully saturated rings. The zero-order valence-corrected chi connectivity index (χ0v) is 12.1. The fourth-order valence-corrected chi connectivity index (χ4v) is 2.13. The molecule has 0 saturated heterocycles. The maximum Gasteiger partial charge on any atom is 0.168 e. The molecule has 0 saturated carbocycles. The van der Waals surface area contributed by atoms with Crippen LogP contribution in [0.4, 0.5) is 8.78 Å². The standard InChI is InChI=1S/C16H17F2NO2/c1-9(19)11-6-12(16(21-3)15(8-11)20-2)10-4-5-13(17)14(18)7-10/h4-9H,19H2,1-3H3. The lowest BCUT2D eigenvalue weighted by Crippen LogP contribution is -2.06. The van der Waals surface area contributed by atoms with Gasteiger partial charge in [0, 0.05) is 11.6 Å². The first-order valence-corrected chi connectivity index (χ1v) is 6.44. The van der Waals surface area contributed by atoms with E-state index in [0.29, 0.717) is 22.6 Å². The maximum atomic E-state index is 13.5. The fourth-order valence-electron chi connectivity index (χ4n) is 2.13. The van der Waals surface area contributed by atoms with Gasteiger partial charge >= 0.3 is 0 Å². The number of hydrogen-bond acceptors (Lipinski definition) is 3. The predicted octanol–water partition coefficient (Wildman–Crippen LogP) is 3.67. The molecule has 0 radical (unpaired) electrons. The highest BCUT2D eigenvalue weighted by molar-refractivity contribution is 5.75. The van der Waals surface area contributed by atoms with Crippen LogP contribution in [0.3, 0.4) is 0 Å². The van der Waals surface area contributed by atoms with E-state index in [2.05, 4.69) is 0 Å². The molecule has 2 aromatic rings. The van der Waals surface area contributed by atoms with Crippen LogP contribution in [0.5, 0.6) is 11.5 Å². The molecule has 0 heterocycles. The lowest BCUT2D eigenvalue weighted by Gasteiger charge is -2.17. The summed E-state index contributed by atoms with van der Waals surface area (Å²) in [5, 5.41) is 0. The molecule has 0 spiro atoms. The SMILES string of the molecule is COc1cc(C(C)N)cc(-c2ccc(F)c(F)c2)c1OC. The summed E-state index contributed by atoms with van der Waals surface area (Å²) in [6, 6.07) is 7.02. The number of halogens is 2. The molecular weight excluding hydrogens is 276 g/mol. The summed E-state index contributed by atoms with van der Waals surface area (Å²) in [4.78, 5) is 0. The van der Waals surface area contributed by atoms with E-state index in [1.54, 1.807) is 12.1 Å². The Bertz CT molecular complexity index is 657. The summed E-state index contributed by atoms with van der Waals surface area (Å²) in [7, 11) is 3.00. The first-order chi connectivity index (χ1) is 9.97. The van der Waals surface area contributed by atoms with Gasteiger partial charge in [-0.25, -0.2) is 8.78 Å². The molecule has 2 rings (SSSR count). The number of hydrogen-bond donors (Lipinski definition) is 1. The molecule has 112 valence electrons. The smallest absolute Gasteiger partial charge is 0.168 e. The second kappa shape index (κ2) is 6.10. The Morgan fingerprint density at radius 1 is 1.00 bits per heavy atom. The molecule has 2 aromatic carbocycles. The van der Waals surface area contributed by atoms with Crippen LogP contribution in [0.15, 0.2) is 30.3 Å². The van der Waals surface area contributed by atoms with Gasteiger partial charge in [-0.05, 0) is 42.3 Å². The largest absolute Gasteiger partial charge is 0.493 e. The van der Waals surface area contributed by atoms with Gasteiger partial charge in [-0.15, -0.1) is 0 Å². The quantitative estimate of drug-likeness (QED) is 0.935. The van der Waals surface area contributed by atoms with Crippen LogP contribution in [0.2, 0.25) is 0 Å². The minimum atomic E-state index is -0.917. The van der Waals surface area contributed by atoms with Crippen molar-refractivity contribution in [2.24, 2.45) is 5.73 Å². The molecule has 0 aliphatic heterocycles. The van der Waals surface area contributed by atoms with Crippen molar-refractivity contribution in [1.29, 1.82) is 0 Å². The van der Waals surface area contributed by atoms with Crippen molar-refractivity contribution in [1.82, 2.24) is 0 Å². The third-order valence-electron chi connectivity index (χ3n) is 3.26. The van der Waals surface area contributed by atoms with Gasteiger partial charge in [-0.1, -0.05) is 6.07 Å². The Balaban J connectivity index is 2.69. The lowest BCUT2D eigenvalue weighted by molar-refractivity contribution is 0.355. The third-order valence-corrected chi connectivity index (χ3v) is 3.26. The summed E-state index contributed by atoms with van der Waals surface area (Å²) in [6.45, 7) is 1.83. The highest BCUT2D eigenvalue weighted by Crippen LogP contribution is 2.40. The van der Waals surface area contributed by atoms with E-state index in [4.69, 9.17) is 15.2 Å².